The summed E-state index contributed by atoms with van der Waals surface area (Å²) in [6.45, 7) is 6.64. The van der Waals surface area contributed by atoms with Crippen LogP contribution >= 0.6 is 23.2 Å². The molecule has 2 atom stereocenters. The van der Waals surface area contributed by atoms with Gasteiger partial charge in [0.1, 0.15) is 23.2 Å². The Bertz CT molecular complexity index is 1420. The number of nitrogens with zero attached hydrogens (tertiary/aromatic N) is 2. The zero-order valence-electron chi connectivity index (χ0n) is 23.3. The smallest absolute Gasteiger partial charge is 0.344 e. The van der Waals surface area contributed by atoms with Gasteiger partial charge >= 0.3 is 11.9 Å². The maximum Gasteiger partial charge on any atom is 0.344 e. The summed E-state index contributed by atoms with van der Waals surface area (Å²) in [5.41, 5.74) is 1.58. The molecule has 0 amide bonds. The van der Waals surface area contributed by atoms with Crippen LogP contribution in [0.4, 0.5) is 10.1 Å². The van der Waals surface area contributed by atoms with Crippen LogP contribution in [-0.2, 0) is 9.47 Å². The van der Waals surface area contributed by atoms with Crippen LogP contribution in [0.5, 0.6) is 0 Å². The predicted molar refractivity (Wildman–Crippen MR) is 155 cm³/mol. The highest BCUT2D eigenvalue weighted by Crippen LogP contribution is 2.46. The third-order valence-corrected chi connectivity index (χ3v) is 8.15. The minimum absolute atomic E-state index is 0.0716. The highest BCUT2D eigenvalue weighted by Gasteiger charge is 2.39. The molecule has 10 heteroatoms. The number of carbonyl (C=O) groups excluding carboxylic acids is 2. The number of rotatable bonds is 9. The first kappa shape index (κ1) is 29.4. The molecule has 2 fully saturated rings. The molecule has 1 aromatic heterocycles. The van der Waals surface area contributed by atoms with E-state index in [1.807, 2.05) is 25.7 Å². The average molecular weight is 604 g/mol. The number of carbonyl (C=O) groups is 2. The van der Waals surface area contributed by atoms with Crippen LogP contribution in [0.1, 0.15) is 85.3 Å². The van der Waals surface area contributed by atoms with E-state index in [0.29, 0.717) is 52.9 Å². The number of halogens is 3. The predicted octanol–water partition coefficient (Wildman–Crippen LogP) is 8.08. The fraction of sp³-hybridized carbons (Fsp3) is 0.452. The number of esters is 2. The standard InChI is InChI=1S/C31H33Cl2FN2O5/c1-4-20-15-21(12-13-36(20)25-11-10-19(14-24(25)34)30(37)39-16-17(2)3)40-31(38)27-28(35-41-29(27)18-8-9-18)26-22(32)6-5-7-23(26)33/h5-7,10-11,14,17-18,20-21H,4,8-9,12-13,15-16H2,1-3H3/t20-,21-/m1/s1. The molecule has 0 radical (unpaired) electrons. The van der Waals surface area contributed by atoms with E-state index in [1.54, 1.807) is 30.3 Å². The monoisotopic (exact) mass is 602 g/mol. The molecule has 0 spiro atoms. The molecule has 1 aliphatic carbocycles. The van der Waals surface area contributed by atoms with Gasteiger partial charge in [-0.1, -0.05) is 55.2 Å². The molecule has 5 rings (SSSR count). The zero-order chi connectivity index (χ0) is 29.3. The lowest BCUT2D eigenvalue weighted by molar-refractivity contribution is 0.0206. The van der Waals surface area contributed by atoms with Crippen LogP contribution in [0.2, 0.25) is 10.0 Å². The number of anilines is 1. The van der Waals surface area contributed by atoms with E-state index in [4.69, 9.17) is 37.2 Å². The van der Waals surface area contributed by atoms with Gasteiger partial charge in [-0.2, -0.15) is 0 Å². The third kappa shape index (κ3) is 6.38. The lowest BCUT2D eigenvalue weighted by atomic mass is 9.96. The van der Waals surface area contributed by atoms with Crippen molar-refractivity contribution < 1.29 is 28.0 Å². The van der Waals surface area contributed by atoms with Crippen LogP contribution in [0.3, 0.4) is 0 Å². The first-order valence-corrected chi connectivity index (χ1v) is 14.8. The fourth-order valence-corrected chi connectivity index (χ4v) is 5.82. The second kappa shape index (κ2) is 12.4. The van der Waals surface area contributed by atoms with Gasteiger partial charge in [0.15, 0.2) is 5.76 Å². The Morgan fingerprint density at radius 1 is 1.12 bits per heavy atom. The molecule has 0 bridgehead atoms. The summed E-state index contributed by atoms with van der Waals surface area (Å²) in [6.07, 6.45) is 3.17. The van der Waals surface area contributed by atoms with Gasteiger partial charge in [0.05, 0.1) is 27.9 Å². The molecule has 218 valence electrons. The first-order valence-electron chi connectivity index (χ1n) is 14.1. The molecule has 1 saturated heterocycles. The number of piperidine rings is 1. The Morgan fingerprint density at radius 2 is 1.85 bits per heavy atom. The molecule has 3 aromatic rings. The lowest BCUT2D eigenvalue weighted by Gasteiger charge is -2.40. The summed E-state index contributed by atoms with van der Waals surface area (Å²) in [5.74, 6) is -0.757. The number of hydrogen-bond donors (Lipinski definition) is 0. The third-order valence-electron chi connectivity index (χ3n) is 7.52. The normalized spacial score (nSPS) is 19.0. The van der Waals surface area contributed by atoms with Crippen molar-refractivity contribution in [2.24, 2.45) is 5.92 Å². The van der Waals surface area contributed by atoms with Gasteiger partial charge in [0.25, 0.3) is 0 Å². The van der Waals surface area contributed by atoms with Crippen molar-refractivity contribution >= 4 is 40.8 Å². The molecular weight excluding hydrogens is 570 g/mol. The topological polar surface area (TPSA) is 81.9 Å². The van der Waals surface area contributed by atoms with Crippen LogP contribution < -0.4 is 4.90 Å². The summed E-state index contributed by atoms with van der Waals surface area (Å²) >= 11 is 12.9. The van der Waals surface area contributed by atoms with Gasteiger partial charge in [-0.3, -0.25) is 0 Å². The quantitative estimate of drug-likeness (QED) is 0.229. The Balaban J connectivity index is 1.31. The zero-order valence-corrected chi connectivity index (χ0v) is 24.8. The van der Waals surface area contributed by atoms with E-state index < -0.39 is 17.8 Å². The Morgan fingerprint density at radius 3 is 2.49 bits per heavy atom. The molecule has 0 unspecified atom stereocenters. The average Bonchev–Trinajstić information content (AvgIpc) is 3.70. The minimum Gasteiger partial charge on any atom is -0.462 e. The molecular formula is C31H33Cl2FN2O5. The van der Waals surface area contributed by atoms with E-state index in [9.17, 15) is 9.59 Å². The number of hydrogen-bond acceptors (Lipinski definition) is 7. The van der Waals surface area contributed by atoms with E-state index in [2.05, 4.69) is 5.16 Å². The fourth-order valence-electron chi connectivity index (χ4n) is 5.25. The molecule has 1 aliphatic heterocycles. The van der Waals surface area contributed by atoms with E-state index >= 15 is 4.39 Å². The second-order valence-electron chi connectivity index (χ2n) is 11.1. The van der Waals surface area contributed by atoms with E-state index in [1.165, 1.54) is 6.07 Å². The summed E-state index contributed by atoms with van der Waals surface area (Å²) < 4.78 is 32.1. The number of benzene rings is 2. The second-order valence-corrected chi connectivity index (χ2v) is 11.9. The molecule has 2 aromatic carbocycles. The number of ether oxygens (including phenoxy) is 2. The van der Waals surface area contributed by atoms with Crippen LogP contribution in [0, 0.1) is 11.7 Å². The lowest BCUT2D eigenvalue weighted by Crippen LogP contribution is -2.45. The summed E-state index contributed by atoms with van der Waals surface area (Å²) in [4.78, 5) is 27.9. The SMILES string of the molecule is CC[C@@H]1C[C@H](OC(=O)c2c(-c3c(Cl)cccc3Cl)noc2C2CC2)CCN1c1ccc(C(=O)OCC(C)C)cc1F. The van der Waals surface area contributed by atoms with Crippen molar-refractivity contribution in [3.8, 4) is 11.3 Å². The van der Waals surface area contributed by atoms with Gasteiger partial charge < -0.3 is 18.9 Å². The maximum atomic E-state index is 15.2. The molecule has 1 saturated carbocycles. The van der Waals surface area contributed by atoms with Crippen LogP contribution in [-0.4, -0.2) is 42.4 Å². The largest absolute Gasteiger partial charge is 0.462 e. The molecule has 7 nitrogen and oxygen atoms in total. The van der Waals surface area contributed by atoms with Gasteiger partial charge in [-0.05, 0) is 55.5 Å². The van der Waals surface area contributed by atoms with Gasteiger partial charge in [-0.25, -0.2) is 14.0 Å². The van der Waals surface area contributed by atoms with Crippen molar-refractivity contribution in [2.75, 3.05) is 18.1 Å². The highest BCUT2D eigenvalue weighted by molar-refractivity contribution is 6.39. The Kier molecular flexibility index (Phi) is 8.90. The van der Waals surface area contributed by atoms with Crippen LogP contribution in [0.25, 0.3) is 11.3 Å². The number of aromatic nitrogens is 1. The summed E-state index contributed by atoms with van der Waals surface area (Å²) in [6, 6.07) is 9.46. The van der Waals surface area contributed by atoms with Crippen molar-refractivity contribution in [3.63, 3.8) is 0 Å². The van der Waals surface area contributed by atoms with Gasteiger partial charge in [-0.15, -0.1) is 0 Å². The molecule has 0 N–H and O–H groups in total. The van der Waals surface area contributed by atoms with Crippen LogP contribution in [0.15, 0.2) is 40.9 Å². The highest BCUT2D eigenvalue weighted by atomic mass is 35.5. The molecule has 2 heterocycles. The van der Waals surface area contributed by atoms with Crippen molar-refractivity contribution in [2.45, 2.75) is 70.9 Å². The first-order chi connectivity index (χ1) is 19.7. The summed E-state index contributed by atoms with van der Waals surface area (Å²) in [7, 11) is 0. The molecule has 41 heavy (non-hydrogen) atoms. The maximum absolute atomic E-state index is 15.2. The minimum atomic E-state index is -0.543. The van der Waals surface area contributed by atoms with E-state index in [0.717, 1.165) is 12.8 Å². The van der Waals surface area contributed by atoms with Crippen molar-refractivity contribution in [1.29, 1.82) is 0 Å². The van der Waals surface area contributed by atoms with Gasteiger partial charge in [0, 0.05) is 36.9 Å². The van der Waals surface area contributed by atoms with E-state index in [-0.39, 0.29) is 47.4 Å². The van der Waals surface area contributed by atoms with Gasteiger partial charge in [0.2, 0.25) is 0 Å². The summed E-state index contributed by atoms with van der Waals surface area (Å²) in [5, 5.41) is 4.92. The molecule has 2 aliphatic rings. The van der Waals surface area contributed by atoms with Crippen molar-refractivity contribution in [1.82, 2.24) is 5.16 Å². The Labute approximate surface area is 248 Å². The Hall–Kier alpha value is -3.10. The van der Waals surface area contributed by atoms with Crippen molar-refractivity contribution in [3.05, 3.63) is 69.1 Å².